The molecule has 8 nitrogen and oxygen atoms in total. The number of nitro groups is 2. The number of rotatable bonds is 3. The van der Waals surface area contributed by atoms with Crippen LogP contribution in [-0.2, 0) is 0 Å². The predicted octanol–water partition coefficient (Wildman–Crippen LogP) is 2.29. The van der Waals surface area contributed by atoms with E-state index in [9.17, 15) is 20.2 Å². The first-order valence-electron chi connectivity index (χ1n) is 4.64. The molecule has 0 saturated heterocycles. The molecule has 1 aromatic heterocycles. The van der Waals surface area contributed by atoms with Crippen molar-refractivity contribution >= 4 is 34.2 Å². The van der Waals surface area contributed by atoms with Gasteiger partial charge in [-0.05, 0) is 56.7 Å². The van der Waals surface area contributed by atoms with Crippen LogP contribution in [0.5, 0.6) is 0 Å². The molecule has 92 valence electrons. The standard InChI is InChI=1S/C9H5IN4O4/c10-6-1-3-7(4-2-6)12-9(14(17)18)5-8(11-12)13(15)16/h1-5H. The van der Waals surface area contributed by atoms with Crippen LogP contribution in [0.15, 0.2) is 30.3 Å². The Morgan fingerprint density at radius 3 is 2.22 bits per heavy atom. The van der Waals surface area contributed by atoms with Crippen molar-refractivity contribution in [1.29, 1.82) is 0 Å². The summed E-state index contributed by atoms with van der Waals surface area (Å²) in [5, 5.41) is 25.0. The molecule has 9 heteroatoms. The minimum Gasteiger partial charge on any atom is -0.358 e. The molecule has 2 aromatic rings. The Balaban J connectivity index is 2.58. The molecule has 0 amide bonds. The lowest BCUT2D eigenvalue weighted by molar-refractivity contribution is -0.394. The number of benzene rings is 1. The highest BCUT2D eigenvalue weighted by Crippen LogP contribution is 2.23. The van der Waals surface area contributed by atoms with E-state index in [1.54, 1.807) is 24.3 Å². The zero-order valence-corrected chi connectivity index (χ0v) is 10.8. The quantitative estimate of drug-likeness (QED) is 0.475. The van der Waals surface area contributed by atoms with E-state index < -0.39 is 21.5 Å². The van der Waals surface area contributed by atoms with Crippen molar-refractivity contribution in [2.24, 2.45) is 0 Å². The van der Waals surface area contributed by atoms with Crippen LogP contribution < -0.4 is 0 Å². The molecule has 0 N–H and O–H groups in total. The molecule has 0 saturated carbocycles. The highest BCUT2D eigenvalue weighted by atomic mass is 127. The largest absolute Gasteiger partial charge is 0.420 e. The Hall–Kier alpha value is -2.04. The Kier molecular flexibility index (Phi) is 3.23. The van der Waals surface area contributed by atoms with E-state index in [1.165, 1.54) is 0 Å². The monoisotopic (exact) mass is 360 g/mol. The molecule has 0 aliphatic rings. The van der Waals surface area contributed by atoms with Crippen molar-refractivity contribution in [3.8, 4) is 5.69 Å². The highest BCUT2D eigenvalue weighted by Gasteiger charge is 2.29. The van der Waals surface area contributed by atoms with Gasteiger partial charge in [0.25, 0.3) is 0 Å². The number of hydrogen-bond acceptors (Lipinski definition) is 5. The molecular formula is C9H5IN4O4. The second-order valence-electron chi connectivity index (χ2n) is 3.26. The number of aromatic nitrogens is 2. The Labute approximate surface area is 114 Å². The van der Waals surface area contributed by atoms with E-state index in [0.29, 0.717) is 5.69 Å². The van der Waals surface area contributed by atoms with Gasteiger partial charge in [-0.15, -0.1) is 0 Å². The van der Waals surface area contributed by atoms with Gasteiger partial charge in [0.2, 0.25) is 0 Å². The van der Waals surface area contributed by atoms with Gasteiger partial charge >= 0.3 is 11.6 Å². The van der Waals surface area contributed by atoms with Crippen molar-refractivity contribution < 1.29 is 9.85 Å². The van der Waals surface area contributed by atoms with Crippen molar-refractivity contribution in [3.63, 3.8) is 0 Å². The fourth-order valence-electron chi connectivity index (χ4n) is 1.35. The van der Waals surface area contributed by atoms with E-state index in [1.807, 2.05) is 0 Å². The third-order valence-corrected chi connectivity index (χ3v) is 2.84. The Bertz CT molecular complexity index is 622. The molecule has 0 aliphatic heterocycles. The van der Waals surface area contributed by atoms with E-state index in [0.717, 1.165) is 14.3 Å². The summed E-state index contributed by atoms with van der Waals surface area (Å²) >= 11 is 2.08. The lowest BCUT2D eigenvalue weighted by Crippen LogP contribution is -2.02. The molecule has 0 aliphatic carbocycles. The third kappa shape index (κ3) is 2.30. The van der Waals surface area contributed by atoms with Crippen LogP contribution in [0.1, 0.15) is 0 Å². The minimum absolute atomic E-state index is 0.398. The molecule has 1 heterocycles. The van der Waals surface area contributed by atoms with E-state index in [4.69, 9.17) is 0 Å². The number of nitrogens with zero attached hydrogens (tertiary/aromatic N) is 4. The first-order valence-corrected chi connectivity index (χ1v) is 5.71. The maximum atomic E-state index is 10.8. The lowest BCUT2D eigenvalue weighted by Gasteiger charge is -1.94. The molecule has 0 unspecified atom stereocenters. The van der Waals surface area contributed by atoms with Crippen LogP contribution in [0.4, 0.5) is 11.6 Å². The molecule has 0 spiro atoms. The molecular weight excluding hydrogens is 355 g/mol. The molecule has 2 rings (SSSR count). The normalized spacial score (nSPS) is 10.3. The summed E-state index contributed by atoms with van der Waals surface area (Å²) in [4.78, 5) is 19.9. The van der Waals surface area contributed by atoms with Gasteiger partial charge in [0.05, 0.1) is 0 Å². The molecule has 0 atom stereocenters. The highest BCUT2D eigenvalue weighted by molar-refractivity contribution is 14.1. The molecule has 0 fully saturated rings. The SMILES string of the molecule is O=[N+]([O-])c1cc([N+](=O)[O-])n(-c2ccc(I)cc2)n1. The van der Waals surface area contributed by atoms with Gasteiger partial charge in [0, 0.05) is 8.25 Å². The van der Waals surface area contributed by atoms with E-state index in [2.05, 4.69) is 27.7 Å². The van der Waals surface area contributed by atoms with Gasteiger partial charge < -0.3 is 20.2 Å². The summed E-state index contributed by atoms with van der Waals surface area (Å²) in [5.74, 6) is -0.997. The second-order valence-corrected chi connectivity index (χ2v) is 4.51. The van der Waals surface area contributed by atoms with Gasteiger partial charge in [-0.1, -0.05) is 0 Å². The molecule has 0 radical (unpaired) electrons. The summed E-state index contributed by atoms with van der Waals surface area (Å²) < 4.78 is 1.88. The van der Waals surface area contributed by atoms with Crippen LogP contribution in [-0.4, -0.2) is 19.6 Å². The zero-order chi connectivity index (χ0) is 13.3. The summed E-state index contributed by atoms with van der Waals surface area (Å²) in [6.07, 6.45) is 0. The topological polar surface area (TPSA) is 104 Å². The van der Waals surface area contributed by atoms with E-state index >= 15 is 0 Å². The smallest absolute Gasteiger partial charge is 0.358 e. The second kappa shape index (κ2) is 4.68. The Morgan fingerprint density at radius 1 is 1.11 bits per heavy atom. The van der Waals surface area contributed by atoms with Crippen LogP contribution in [0.25, 0.3) is 5.69 Å². The van der Waals surface area contributed by atoms with Crippen LogP contribution in [0, 0.1) is 23.8 Å². The zero-order valence-electron chi connectivity index (χ0n) is 8.69. The fraction of sp³-hybridized carbons (Fsp3) is 0. The van der Waals surface area contributed by atoms with Crippen molar-refractivity contribution in [2.75, 3.05) is 0 Å². The summed E-state index contributed by atoms with van der Waals surface area (Å²) in [7, 11) is 0. The Morgan fingerprint density at radius 2 is 1.72 bits per heavy atom. The summed E-state index contributed by atoms with van der Waals surface area (Å²) in [6, 6.07) is 7.50. The van der Waals surface area contributed by atoms with Crippen molar-refractivity contribution in [2.45, 2.75) is 0 Å². The first kappa shape index (κ1) is 12.4. The maximum Gasteiger partial charge on any atom is 0.420 e. The summed E-state index contributed by atoms with van der Waals surface area (Å²) in [6.45, 7) is 0. The third-order valence-electron chi connectivity index (χ3n) is 2.12. The number of halogens is 1. The predicted molar refractivity (Wildman–Crippen MR) is 69.6 cm³/mol. The molecule has 1 aromatic carbocycles. The van der Waals surface area contributed by atoms with Crippen molar-refractivity contribution in [1.82, 2.24) is 9.78 Å². The van der Waals surface area contributed by atoms with Gasteiger partial charge in [-0.2, -0.15) is 0 Å². The summed E-state index contributed by atoms with van der Waals surface area (Å²) in [5.41, 5.74) is 0.398. The van der Waals surface area contributed by atoms with E-state index in [-0.39, 0.29) is 0 Å². The van der Waals surface area contributed by atoms with Gasteiger partial charge in [0.1, 0.15) is 6.07 Å². The minimum atomic E-state index is -0.768. The average Bonchev–Trinajstić information content (AvgIpc) is 2.75. The van der Waals surface area contributed by atoms with Crippen LogP contribution >= 0.6 is 22.6 Å². The fourth-order valence-corrected chi connectivity index (χ4v) is 1.71. The van der Waals surface area contributed by atoms with Crippen molar-refractivity contribution in [3.05, 3.63) is 54.1 Å². The molecule has 18 heavy (non-hydrogen) atoms. The number of hydrogen-bond donors (Lipinski definition) is 0. The maximum absolute atomic E-state index is 10.8. The van der Waals surface area contributed by atoms with Crippen LogP contribution in [0.2, 0.25) is 0 Å². The first-order chi connectivity index (χ1) is 8.49. The average molecular weight is 360 g/mol. The van der Waals surface area contributed by atoms with Gasteiger partial charge in [-0.25, -0.2) is 0 Å². The van der Waals surface area contributed by atoms with Gasteiger partial charge in [0.15, 0.2) is 10.8 Å². The van der Waals surface area contributed by atoms with Gasteiger partial charge in [-0.3, -0.25) is 0 Å². The lowest BCUT2D eigenvalue weighted by atomic mass is 10.3. The molecule has 0 bridgehead atoms. The van der Waals surface area contributed by atoms with Crippen LogP contribution in [0.3, 0.4) is 0 Å².